The molecule has 0 saturated carbocycles. The van der Waals surface area contributed by atoms with Crippen molar-refractivity contribution in [3.8, 4) is 0 Å². The standard InChI is InChI=1S/C12H18N6O2S/c1-4-5-6-9(21-12-14-16-17-18(12)3)11(19)13-10-7-8(2)20-15-10/h7,9H,4-6H2,1-3H3,(H,13,15,19). The highest BCUT2D eigenvalue weighted by Crippen LogP contribution is 2.25. The quantitative estimate of drug-likeness (QED) is 0.778. The van der Waals surface area contributed by atoms with Gasteiger partial charge in [-0.15, -0.1) is 5.10 Å². The summed E-state index contributed by atoms with van der Waals surface area (Å²) in [5, 5.41) is 18.1. The number of anilines is 1. The molecule has 1 unspecified atom stereocenters. The number of nitrogens with one attached hydrogen (secondary N) is 1. The first-order chi connectivity index (χ1) is 10.1. The zero-order chi connectivity index (χ0) is 15.2. The third-order valence-electron chi connectivity index (χ3n) is 2.82. The Morgan fingerprint density at radius 3 is 2.95 bits per heavy atom. The Morgan fingerprint density at radius 2 is 2.38 bits per heavy atom. The van der Waals surface area contributed by atoms with Gasteiger partial charge >= 0.3 is 0 Å². The molecule has 1 N–H and O–H groups in total. The summed E-state index contributed by atoms with van der Waals surface area (Å²) in [6.45, 7) is 3.86. The van der Waals surface area contributed by atoms with Gasteiger partial charge in [0.15, 0.2) is 5.82 Å². The van der Waals surface area contributed by atoms with E-state index in [2.05, 4.69) is 32.9 Å². The number of aryl methyl sites for hydroxylation is 2. The Kier molecular flexibility index (Phi) is 5.32. The van der Waals surface area contributed by atoms with Crippen LogP contribution >= 0.6 is 11.8 Å². The average Bonchev–Trinajstić information content (AvgIpc) is 3.03. The molecule has 2 heterocycles. The van der Waals surface area contributed by atoms with Crippen LogP contribution in [0.4, 0.5) is 5.82 Å². The lowest BCUT2D eigenvalue weighted by atomic mass is 10.2. The van der Waals surface area contributed by atoms with Crippen molar-refractivity contribution in [2.75, 3.05) is 5.32 Å². The van der Waals surface area contributed by atoms with E-state index >= 15 is 0 Å². The van der Waals surface area contributed by atoms with Crippen LogP contribution < -0.4 is 5.32 Å². The fourth-order valence-corrected chi connectivity index (χ4v) is 2.69. The van der Waals surface area contributed by atoms with Crippen molar-refractivity contribution in [2.24, 2.45) is 7.05 Å². The van der Waals surface area contributed by atoms with Crippen LogP contribution in [0.2, 0.25) is 0 Å². The fraction of sp³-hybridized carbons (Fsp3) is 0.583. The minimum Gasteiger partial charge on any atom is -0.360 e. The highest BCUT2D eigenvalue weighted by atomic mass is 32.2. The smallest absolute Gasteiger partial charge is 0.239 e. The summed E-state index contributed by atoms with van der Waals surface area (Å²) in [6.07, 6.45) is 2.72. The molecule has 114 valence electrons. The summed E-state index contributed by atoms with van der Waals surface area (Å²) >= 11 is 1.35. The van der Waals surface area contributed by atoms with Crippen LogP contribution in [-0.2, 0) is 11.8 Å². The number of thioether (sulfide) groups is 1. The van der Waals surface area contributed by atoms with Crippen LogP contribution in [0.5, 0.6) is 0 Å². The number of carbonyl (C=O) groups excluding carboxylic acids is 1. The lowest BCUT2D eigenvalue weighted by molar-refractivity contribution is -0.115. The summed E-state index contributed by atoms with van der Waals surface area (Å²) in [5.74, 6) is 0.959. The second-order valence-corrected chi connectivity index (χ2v) is 5.82. The first-order valence-electron chi connectivity index (χ1n) is 6.73. The van der Waals surface area contributed by atoms with Crippen molar-refractivity contribution < 1.29 is 9.32 Å². The van der Waals surface area contributed by atoms with Gasteiger partial charge in [-0.3, -0.25) is 4.79 Å². The van der Waals surface area contributed by atoms with E-state index in [1.807, 2.05) is 0 Å². The molecule has 0 spiro atoms. The number of rotatable bonds is 7. The zero-order valence-corrected chi connectivity index (χ0v) is 13.1. The predicted molar refractivity (Wildman–Crippen MR) is 77.8 cm³/mol. The van der Waals surface area contributed by atoms with Crippen LogP contribution in [0.3, 0.4) is 0 Å². The molecule has 0 bridgehead atoms. The fourth-order valence-electron chi connectivity index (χ4n) is 1.71. The largest absolute Gasteiger partial charge is 0.360 e. The third-order valence-corrected chi connectivity index (χ3v) is 4.11. The van der Waals surface area contributed by atoms with Crippen LogP contribution in [0.25, 0.3) is 0 Å². The van der Waals surface area contributed by atoms with Crippen molar-refractivity contribution in [2.45, 2.75) is 43.5 Å². The maximum absolute atomic E-state index is 12.4. The molecule has 0 radical (unpaired) electrons. The van der Waals surface area contributed by atoms with E-state index in [9.17, 15) is 4.79 Å². The summed E-state index contributed by atoms with van der Waals surface area (Å²) in [5.41, 5.74) is 0. The molecular formula is C12H18N6O2S. The van der Waals surface area contributed by atoms with Gasteiger partial charge < -0.3 is 9.84 Å². The van der Waals surface area contributed by atoms with Crippen molar-refractivity contribution in [1.29, 1.82) is 0 Å². The van der Waals surface area contributed by atoms with Crippen LogP contribution in [0.15, 0.2) is 15.7 Å². The van der Waals surface area contributed by atoms with Gasteiger partial charge in [0.2, 0.25) is 11.1 Å². The van der Waals surface area contributed by atoms with Gasteiger partial charge in [0.1, 0.15) is 5.76 Å². The minimum absolute atomic E-state index is 0.121. The normalized spacial score (nSPS) is 12.3. The van der Waals surface area contributed by atoms with Gasteiger partial charge in [-0.05, 0) is 23.8 Å². The van der Waals surface area contributed by atoms with E-state index < -0.39 is 0 Å². The van der Waals surface area contributed by atoms with Crippen molar-refractivity contribution in [3.05, 3.63) is 11.8 Å². The number of nitrogens with zero attached hydrogens (tertiary/aromatic N) is 5. The number of amides is 1. The molecule has 21 heavy (non-hydrogen) atoms. The molecular weight excluding hydrogens is 292 g/mol. The van der Waals surface area contributed by atoms with Crippen molar-refractivity contribution >= 4 is 23.5 Å². The maximum Gasteiger partial charge on any atom is 0.239 e. The van der Waals surface area contributed by atoms with Gasteiger partial charge in [-0.1, -0.05) is 36.7 Å². The third kappa shape index (κ3) is 4.28. The van der Waals surface area contributed by atoms with Gasteiger partial charge in [0, 0.05) is 13.1 Å². The molecule has 0 aromatic carbocycles. The Balaban J connectivity index is 2.03. The summed E-state index contributed by atoms with van der Waals surface area (Å²) in [4.78, 5) is 12.4. The minimum atomic E-state index is -0.272. The zero-order valence-electron chi connectivity index (χ0n) is 12.2. The van der Waals surface area contributed by atoms with E-state index in [4.69, 9.17) is 4.52 Å². The molecule has 2 aromatic heterocycles. The Hall–Kier alpha value is -1.90. The van der Waals surface area contributed by atoms with E-state index in [1.54, 1.807) is 24.7 Å². The number of carbonyl (C=O) groups is 1. The topological polar surface area (TPSA) is 98.7 Å². The van der Waals surface area contributed by atoms with E-state index in [-0.39, 0.29) is 11.2 Å². The average molecular weight is 310 g/mol. The summed E-state index contributed by atoms with van der Waals surface area (Å²) in [6, 6.07) is 1.68. The molecule has 9 heteroatoms. The number of hydrogen-bond acceptors (Lipinski definition) is 7. The van der Waals surface area contributed by atoms with E-state index in [0.717, 1.165) is 19.3 Å². The molecule has 2 rings (SSSR count). The number of unbranched alkanes of at least 4 members (excludes halogenated alkanes) is 1. The van der Waals surface area contributed by atoms with Gasteiger partial charge in [-0.25, -0.2) is 4.68 Å². The van der Waals surface area contributed by atoms with E-state index in [0.29, 0.717) is 16.7 Å². The van der Waals surface area contributed by atoms with Crippen LogP contribution in [-0.4, -0.2) is 36.5 Å². The monoisotopic (exact) mass is 310 g/mol. The molecule has 0 aliphatic rings. The van der Waals surface area contributed by atoms with Crippen molar-refractivity contribution in [3.63, 3.8) is 0 Å². The molecule has 2 aromatic rings. The van der Waals surface area contributed by atoms with Crippen LogP contribution in [0.1, 0.15) is 31.9 Å². The van der Waals surface area contributed by atoms with Gasteiger partial charge in [0.05, 0.1) is 5.25 Å². The second kappa shape index (κ2) is 7.21. The van der Waals surface area contributed by atoms with Gasteiger partial charge in [0.25, 0.3) is 0 Å². The Bertz CT molecular complexity index is 596. The second-order valence-electron chi connectivity index (χ2n) is 4.65. The Labute approximate surface area is 126 Å². The number of aromatic nitrogens is 5. The predicted octanol–water partition coefficient (Wildman–Crippen LogP) is 1.80. The highest BCUT2D eigenvalue weighted by Gasteiger charge is 2.23. The lowest BCUT2D eigenvalue weighted by Crippen LogP contribution is -2.25. The van der Waals surface area contributed by atoms with Crippen molar-refractivity contribution in [1.82, 2.24) is 25.4 Å². The first-order valence-corrected chi connectivity index (χ1v) is 7.61. The SMILES string of the molecule is CCCCC(Sc1nnnn1C)C(=O)Nc1cc(C)on1. The molecule has 0 saturated heterocycles. The maximum atomic E-state index is 12.4. The molecule has 1 amide bonds. The molecule has 0 aliphatic carbocycles. The molecule has 0 fully saturated rings. The molecule has 1 atom stereocenters. The highest BCUT2D eigenvalue weighted by molar-refractivity contribution is 8.00. The lowest BCUT2D eigenvalue weighted by Gasteiger charge is -2.13. The Morgan fingerprint density at radius 1 is 1.57 bits per heavy atom. The molecule has 0 aliphatic heterocycles. The molecule has 8 nitrogen and oxygen atoms in total. The van der Waals surface area contributed by atoms with Crippen LogP contribution in [0, 0.1) is 6.92 Å². The summed E-state index contributed by atoms with van der Waals surface area (Å²) < 4.78 is 6.50. The van der Waals surface area contributed by atoms with E-state index in [1.165, 1.54) is 11.8 Å². The first kappa shape index (κ1) is 15.5. The summed E-state index contributed by atoms with van der Waals surface area (Å²) in [7, 11) is 1.75. The number of tetrazole rings is 1. The van der Waals surface area contributed by atoms with Gasteiger partial charge in [-0.2, -0.15) is 0 Å². The number of hydrogen-bond donors (Lipinski definition) is 1.